The van der Waals surface area contributed by atoms with Crippen LogP contribution >= 0.6 is 0 Å². The van der Waals surface area contributed by atoms with Gasteiger partial charge in [-0.05, 0) is 69.4 Å². The van der Waals surface area contributed by atoms with Crippen molar-refractivity contribution in [2.24, 2.45) is 23.1 Å². The van der Waals surface area contributed by atoms with Crippen molar-refractivity contribution < 1.29 is 42.6 Å². The van der Waals surface area contributed by atoms with E-state index in [9.17, 15) is 24.0 Å². The maximum Gasteiger partial charge on any atom is 0.295 e. The van der Waals surface area contributed by atoms with Gasteiger partial charge in [-0.25, -0.2) is 15.0 Å². The molecule has 0 saturated carbocycles. The number of amides is 5. The summed E-state index contributed by atoms with van der Waals surface area (Å²) in [6.07, 6.45) is 5.33. The molecule has 1 unspecified atom stereocenters. The molecular weight excluding hydrogens is 941 g/mol. The summed E-state index contributed by atoms with van der Waals surface area (Å²) in [6, 6.07) is 7.27. The SMILES string of the molecule is CCc1nc(C)oc1C(=O)Nc1nc2cc(C(N)=O)cc(OCCCN3CC4(C3)CN(C(=O)C(N)CC(C)C)CCO4)c2n1C/C=C/Cn1c(NC(=O)c2cc(C)nn2CC)nc2cc(C(N)=O)cc(OC)c21. The number of morpholine rings is 1. The normalized spacial score (nSPS) is 15.1. The summed E-state index contributed by atoms with van der Waals surface area (Å²) in [4.78, 5) is 83.8. The molecule has 8 rings (SSSR count). The minimum absolute atomic E-state index is 0.0380. The molecule has 2 fully saturated rings. The second-order valence-corrected chi connectivity index (χ2v) is 18.9. The van der Waals surface area contributed by atoms with E-state index in [0.29, 0.717) is 128 Å². The van der Waals surface area contributed by atoms with Crippen molar-refractivity contribution in [3.63, 3.8) is 0 Å². The van der Waals surface area contributed by atoms with Gasteiger partial charge in [-0.1, -0.05) is 32.9 Å². The third-order valence-corrected chi connectivity index (χ3v) is 12.9. The number of anilines is 2. The summed E-state index contributed by atoms with van der Waals surface area (Å²) in [5.74, 6) is -0.891. The first-order chi connectivity index (χ1) is 34.9. The molecule has 388 valence electrons. The molecule has 23 nitrogen and oxygen atoms in total. The van der Waals surface area contributed by atoms with E-state index in [4.69, 9.17) is 45.8 Å². The molecule has 23 heteroatoms. The Morgan fingerprint density at radius 2 is 1.47 bits per heavy atom. The molecule has 0 bridgehead atoms. The quantitative estimate of drug-likeness (QED) is 0.0506. The first kappa shape index (κ1) is 51.7. The molecule has 8 N–H and O–H groups in total. The van der Waals surface area contributed by atoms with E-state index in [-0.39, 0.29) is 54.4 Å². The van der Waals surface area contributed by atoms with Crippen molar-refractivity contribution in [2.75, 3.05) is 63.7 Å². The van der Waals surface area contributed by atoms with Crippen LogP contribution in [0.15, 0.2) is 46.9 Å². The highest BCUT2D eigenvalue weighted by Crippen LogP contribution is 2.34. The number of primary amides is 2. The van der Waals surface area contributed by atoms with Crippen LogP contribution < -0.4 is 37.3 Å². The highest BCUT2D eigenvalue weighted by molar-refractivity contribution is 6.05. The van der Waals surface area contributed by atoms with Crippen molar-refractivity contribution in [3.05, 3.63) is 82.3 Å². The van der Waals surface area contributed by atoms with Crippen LogP contribution in [0.2, 0.25) is 0 Å². The van der Waals surface area contributed by atoms with Gasteiger partial charge in [-0.15, -0.1) is 0 Å². The standard InChI is InChI=1S/C50H64N14O9/c1-8-34-42(73-30(6)54-34)46(68)58-49-56-36-22-32(44(53)66)24-39(71-17-12-13-60-25-50(26-60)27-61(16-18-72-50)47(69)33(51)19-28(3)4)41(36)63(49)15-11-10-14-62-40-35(21-31(43(52)65)23-38(40)70-7)55-48(62)57-45(67)37-20-29(5)59-64(37)9-2/h10-11,20-24,28,33H,8-9,12-19,25-27,51H2,1-7H3,(H2,52,65)(H2,53,66)(H,55,57,67)(H,56,58,68)/b11-10+. The van der Waals surface area contributed by atoms with Crippen LogP contribution in [0.4, 0.5) is 11.9 Å². The van der Waals surface area contributed by atoms with Crippen LogP contribution in [0.3, 0.4) is 0 Å². The number of hydrogen-bond donors (Lipinski definition) is 5. The van der Waals surface area contributed by atoms with E-state index < -0.39 is 35.3 Å². The topological polar surface area (TPSA) is 301 Å². The molecule has 6 heterocycles. The maximum atomic E-state index is 13.9. The molecule has 5 amide bonds. The summed E-state index contributed by atoms with van der Waals surface area (Å²) in [5.41, 5.74) is 20.7. The first-order valence-electron chi connectivity index (χ1n) is 24.4. The second-order valence-electron chi connectivity index (χ2n) is 18.9. The Labute approximate surface area is 421 Å². The molecular formula is C50H64N14O9. The van der Waals surface area contributed by atoms with Gasteiger partial charge in [0.15, 0.2) is 5.89 Å². The van der Waals surface area contributed by atoms with Gasteiger partial charge in [-0.2, -0.15) is 5.10 Å². The fraction of sp³-hybridized carbons (Fsp3) is 0.460. The van der Waals surface area contributed by atoms with Crippen molar-refractivity contribution in [1.82, 2.24) is 43.7 Å². The lowest BCUT2D eigenvalue weighted by Gasteiger charge is -2.54. The number of carbonyl (C=O) groups excluding carboxylic acids is 5. The van der Waals surface area contributed by atoms with Crippen molar-refractivity contribution in [3.8, 4) is 11.5 Å². The molecule has 0 aliphatic carbocycles. The van der Waals surface area contributed by atoms with Gasteiger partial charge >= 0.3 is 0 Å². The first-order valence-corrected chi connectivity index (χ1v) is 24.4. The number of nitrogens with zero attached hydrogens (tertiary/aromatic N) is 9. The van der Waals surface area contributed by atoms with Crippen LogP contribution in [0.5, 0.6) is 11.5 Å². The van der Waals surface area contributed by atoms with Crippen LogP contribution in [-0.2, 0) is 35.6 Å². The Hall–Kier alpha value is -7.63. The van der Waals surface area contributed by atoms with E-state index >= 15 is 0 Å². The number of likely N-dealkylation sites (tertiary alicyclic amines) is 1. The Bertz CT molecular complexity index is 3100. The van der Waals surface area contributed by atoms with E-state index in [1.165, 1.54) is 25.3 Å². The van der Waals surface area contributed by atoms with Crippen molar-refractivity contribution in [2.45, 2.75) is 92.1 Å². The van der Waals surface area contributed by atoms with Crippen molar-refractivity contribution >= 4 is 63.5 Å². The van der Waals surface area contributed by atoms with Crippen LogP contribution in [0.25, 0.3) is 22.1 Å². The number of rotatable bonds is 21. The van der Waals surface area contributed by atoms with Gasteiger partial charge < -0.3 is 49.9 Å². The van der Waals surface area contributed by atoms with Crippen molar-refractivity contribution in [1.29, 1.82) is 0 Å². The average Bonchev–Trinajstić information content (AvgIpc) is 4.12. The number of nitrogens with one attached hydrogen (secondary N) is 2. The summed E-state index contributed by atoms with van der Waals surface area (Å²) in [6.45, 7) is 15.7. The number of carbonyl (C=O) groups is 5. The summed E-state index contributed by atoms with van der Waals surface area (Å²) in [7, 11) is 1.46. The van der Waals surface area contributed by atoms with E-state index in [1.54, 1.807) is 39.8 Å². The smallest absolute Gasteiger partial charge is 0.295 e. The number of allylic oxidation sites excluding steroid dienone is 2. The summed E-state index contributed by atoms with van der Waals surface area (Å²) in [5, 5.41) is 10.2. The number of benzene rings is 2. The van der Waals surface area contributed by atoms with Gasteiger partial charge in [0.2, 0.25) is 35.4 Å². The van der Waals surface area contributed by atoms with Gasteiger partial charge in [0.1, 0.15) is 33.8 Å². The number of hydrogen-bond acceptors (Lipinski definition) is 15. The number of ether oxygens (including phenoxy) is 3. The average molecular weight is 1010 g/mol. The predicted molar refractivity (Wildman–Crippen MR) is 271 cm³/mol. The zero-order chi connectivity index (χ0) is 52.3. The van der Waals surface area contributed by atoms with Crippen LogP contribution in [0, 0.1) is 19.8 Å². The summed E-state index contributed by atoms with van der Waals surface area (Å²) >= 11 is 0. The number of aryl methyl sites for hydroxylation is 4. The molecule has 6 aromatic rings. The molecule has 1 spiro atoms. The molecule has 1 atom stereocenters. The Balaban J connectivity index is 1.06. The van der Waals surface area contributed by atoms with Gasteiger partial charge in [0.25, 0.3) is 11.8 Å². The third-order valence-electron chi connectivity index (χ3n) is 12.9. The summed E-state index contributed by atoms with van der Waals surface area (Å²) < 4.78 is 29.2. The monoisotopic (exact) mass is 1000 g/mol. The molecule has 2 saturated heterocycles. The van der Waals surface area contributed by atoms with E-state index in [0.717, 1.165) is 0 Å². The van der Waals surface area contributed by atoms with Gasteiger partial charge in [0, 0.05) is 63.9 Å². The fourth-order valence-electron chi connectivity index (χ4n) is 9.56. The highest BCUT2D eigenvalue weighted by atomic mass is 16.5. The second kappa shape index (κ2) is 21.6. The van der Waals surface area contributed by atoms with Gasteiger partial charge in [0.05, 0.1) is 55.3 Å². The highest BCUT2D eigenvalue weighted by Gasteiger charge is 2.48. The lowest BCUT2D eigenvalue weighted by molar-refractivity contribution is -0.189. The number of fused-ring (bicyclic) bond motifs is 2. The number of oxazole rings is 1. The lowest BCUT2D eigenvalue weighted by Crippen LogP contribution is -2.71. The predicted octanol–water partition coefficient (Wildman–Crippen LogP) is 3.79. The molecule has 2 aliphatic rings. The molecule has 4 aromatic heterocycles. The Kier molecular flexibility index (Phi) is 15.3. The molecule has 0 radical (unpaired) electrons. The fourth-order valence-corrected chi connectivity index (χ4v) is 9.56. The maximum absolute atomic E-state index is 13.9. The minimum atomic E-state index is -0.698. The molecule has 2 aliphatic heterocycles. The third kappa shape index (κ3) is 11.1. The largest absolute Gasteiger partial charge is 0.494 e. The number of methoxy groups -OCH3 is 1. The van der Waals surface area contributed by atoms with Gasteiger partial charge in [-0.3, -0.25) is 44.2 Å². The molecule has 73 heavy (non-hydrogen) atoms. The number of aromatic nitrogens is 7. The zero-order valence-electron chi connectivity index (χ0n) is 42.3. The van der Waals surface area contributed by atoms with E-state index in [2.05, 4.69) is 39.5 Å². The zero-order valence-corrected chi connectivity index (χ0v) is 42.3. The number of imidazole rings is 2. The van der Waals surface area contributed by atoms with E-state index in [1.807, 2.05) is 30.9 Å². The van der Waals surface area contributed by atoms with Crippen LogP contribution in [0.1, 0.15) is 99.6 Å². The number of nitrogens with two attached hydrogens (primary N) is 3. The Morgan fingerprint density at radius 3 is 2.05 bits per heavy atom. The van der Waals surface area contributed by atoms with Crippen LogP contribution in [-0.4, -0.2) is 138 Å². The minimum Gasteiger partial charge on any atom is -0.494 e. The Morgan fingerprint density at radius 1 is 0.849 bits per heavy atom. The molecule has 2 aromatic carbocycles. The lowest BCUT2D eigenvalue weighted by atomic mass is 9.91.